The predicted octanol–water partition coefficient (Wildman–Crippen LogP) is 1.03. The molecule has 0 amide bonds. The third-order valence-corrected chi connectivity index (χ3v) is 2.19. The van der Waals surface area contributed by atoms with Gasteiger partial charge in [-0.05, 0) is 12.3 Å². The minimum Gasteiger partial charge on any atom is -0.460 e. The maximum Gasteiger partial charge on any atom is 0.378 e. The van der Waals surface area contributed by atoms with E-state index in [9.17, 15) is 4.79 Å². The van der Waals surface area contributed by atoms with Crippen molar-refractivity contribution in [3.05, 3.63) is 11.6 Å². The summed E-state index contributed by atoms with van der Waals surface area (Å²) in [5.41, 5.74) is 5.83. The fourth-order valence-corrected chi connectivity index (χ4v) is 1.11. The average Bonchev–Trinajstić information content (AvgIpc) is 2.64. The number of nitrogens with zero attached hydrogens (tertiary/aromatic N) is 2. The van der Waals surface area contributed by atoms with Crippen LogP contribution < -0.4 is 5.73 Å². The zero-order valence-corrected chi connectivity index (χ0v) is 10.1. The number of hydrogen-bond acceptors (Lipinski definition) is 5. The van der Waals surface area contributed by atoms with E-state index in [1.807, 2.05) is 20.8 Å². The van der Waals surface area contributed by atoms with Crippen molar-refractivity contribution < 1.29 is 9.53 Å². The first-order chi connectivity index (χ1) is 7.36. The first-order valence-electron chi connectivity index (χ1n) is 5.21. The third kappa shape index (κ3) is 2.79. The van der Waals surface area contributed by atoms with Gasteiger partial charge in [-0.25, -0.2) is 9.78 Å². The van der Waals surface area contributed by atoms with Crippen LogP contribution in [0.2, 0.25) is 0 Å². The topological polar surface area (TPSA) is 93.9 Å². The van der Waals surface area contributed by atoms with Gasteiger partial charge < -0.3 is 10.5 Å². The van der Waals surface area contributed by atoms with Crippen molar-refractivity contribution in [1.82, 2.24) is 15.2 Å². The molecule has 6 nitrogen and oxygen atoms in total. The third-order valence-electron chi connectivity index (χ3n) is 2.19. The molecule has 0 aliphatic rings. The highest BCUT2D eigenvalue weighted by Crippen LogP contribution is 2.27. The second-order valence-corrected chi connectivity index (χ2v) is 4.61. The maximum atomic E-state index is 11.3. The minimum atomic E-state index is -0.536. The molecule has 0 spiro atoms. The monoisotopic (exact) mass is 226 g/mol. The summed E-state index contributed by atoms with van der Waals surface area (Å²) < 4.78 is 4.78. The van der Waals surface area contributed by atoms with Gasteiger partial charge in [-0.2, -0.15) is 0 Å². The number of nitrogens with one attached hydrogen (secondary N) is 1. The van der Waals surface area contributed by atoms with Gasteiger partial charge in [0.25, 0.3) is 5.82 Å². The Morgan fingerprint density at radius 1 is 1.56 bits per heavy atom. The van der Waals surface area contributed by atoms with E-state index in [4.69, 9.17) is 10.5 Å². The largest absolute Gasteiger partial charge is 0.460 e. The van der Waals surface area contributed by atoms with Gasteiger partial charge in [0, 0.05) is 0 Å². The Balaban J connectivity index is 2.83. The molecule has 3 N–H and O–H groups in total. The summed E-state index contributed by atoms with van der Waals surface area (Å²) in [5, 5.41) is 6.44. The minimum absolute atomic E-state index is 0.0246. The normalized spacial score (nSPS) is 13.6. The molecule has 0 saturated heterocycles. The van der Waals surface area contributed by atoms with Crippen molar-refractivity contribution in [2.75, 3.05) is 6.61 Å². The van der Waals surface area contributed by atoms with Crippen LogP contribution >= 0.6 is 0 Å². The predicted molar refractivity (Wildman–Crippen MR) is 58.7 cm³/mol. The molecule has 1 aromatic rings. The molecular weight excluding hydrogens is 208 g/mol. The summed E-state index contributed by atoms with van der Waals surface area (Å²) in [4.78, 5) is 15.4. The van der Waals surface area contributed by atoms with Crippen LogP contribution in [0.25, 0.3) is 0 Å². The lowest BCUT2D eigenvalue weighted by molar-refractivity contribution is 0.0512. The summed E-state index contributed by atoms with van der Waals surface area (Å²) >= 11 is 0. The zero-order valence-electron chi connectivity index (χ0n) is 10.1. The average molecular weight is 226 g/mol. The molecule has 1 aromatic heterocycles. The molecule has 0 bridgehead atoms. The number of esters is 1. The zero-order chi connectivity index (χ0) is 12.3. The number of nitrogens with two attached hydrogens (primary N) is 1. The molecule has 1 unspecified atom stereocenters. The van der Waals surface area contributed by atoms with Crippen LogP contribution in [-0.2, 0) is 4.74 Å². The number of ether oxygens (including phenoxy) is 1. The van der Waals surface area contributed by atoms with Crippen LogP contribution in [0.4, 0.5) is 0 Å². The van der Waals surface area contributed by atoms with E-state index in [-0.39, 0.29) is 17.3 Å². The molecule has 16 heavy (non-hydrogen) atoms. The van der Waals surface area contributed by atoms with E-state index in [1.165, 1.54) is 0 Å². The van der Waals surface area contributed by atoms with Gasteiger partial charge in [0.15, 0.2) is 0 Å². The lowest BCUT2D eigenvalue weighted by atomic mass is 9.87. The molecule has 1 atom stereocenters. The van der Waals surface area contributed by atoms with E-state index in [2.05, 4.69) is 15.2 Å². The van der Waals surface area contributed by atoms with Crippen molar-refractivity contribution in [2.45, 2.75) is 33.7 Å². The number of aromatic amines is 1. The van der Waals surface area contributed by atoms with Gasteiger partial charge in [0.2, 0.25) is 0 Å². The van der Waals surface area contributed by atoms with E-state index >= 15 is 0 Å². The number of carbonyl (C=O) groups excluding carboxylic acids is 1. The first kappa shape index (κ1) is 12.6. The van der Waals surface area contributed by atoms with Gasteiger partial charge >= 0.3 is 5.97 Å². The molecule has 0 fully saturated rings. The maximum absolute atomic E-state index is 11.3. The Morgan fingerprint density at radius 3 is 2.69 bits per heavy atom. The van der Waals surface area contributed by atoms with Crippen molar-refractivity contribution >= 4 is 5.97 Å². The second kappa shape index (κ2) is 4.61. The molecule has 6 heteroatoms. The molecule has 1 rings (SSSR count). The van der Waals surface area contributed by atoms with Crippen molar-refractivity contribution in [1.29, 1.82) is 0 Å². The lowest BCUT2D eigenvalue weighted by Gasteiger charge is -2.24. The van der Waals surface area contributed by atoms with Crippen LogP contribution in [0.15, 0.2) is 0 Å². The van der Waals surface area contributed by atoms with Crippen LogP contribution in [0, 0.1) is 5.41 Å². The SMILES string of the molecule is CCOC(=O)c1n[nH]c(C(N)C(C)(C)C)n1. The van der Waals surface area contributed by atoms with Gasteiger partial charge in [0.1, 0.15) is 5.82 Å². The fourth-order valence-electron chi connectivity index (χ4n) is 1.11. The number of hydrogen-bond donors (Lipinski definition) is 2. The van der Waals surface area contributed by atoms with E-state index in [1.54, 1.807) is 6.92 Å². The standard InChI is InChI=1S/C10H18N4O2/c1-5-16-9(15)8-12-7(13-14-8)6(11)10(2,3)4/h6H,5,11H2,1-4H3,(H,12,13,14). The molecule has 0 aliphatic carbocycles. The highest BCUT2D eigenvalue weighted by molar-refractivity contribution is 5.84. The number of carbonyl (C=O) groups is 1. The van der Waals surface area contributed by atoms with Crippen LogP contribution in [0.5, 0.6) is 0 Å². The van der Waals surface area contributed by atoms with Gasteiger partial charge in [-0.15, -0.1) is 5.10 Å². The quantitative estimate of drug-likeness (QED) is 0.751. The summed E-state index contributed by atoms with van der Waals surface area (Å²) in [6.45, 7) is 8.00. The van der Waals surface area contributed by atoms with Crippen LogP contribution in [0.1, 0.15) is 50.2 Å². The molecule has 0 aliphatic heterocycles. The van der Waals surface area contributed by atoms with Gasteiger partial charge in [-0.1, -0.05) is 20.8 Å². The highest BCUT2D eigenvalue weighted by Gasteiger charge is 2.26. The molecule has 90 valence electrons. The Morgan fingerprint density at radius 2 is 2.19 bits per heavy atom. The van der Waals surface area contributed by atoms with Gasteiger partial charge in [-0.3, -0.25) is 5.10 Å². The second-order valence-electron chi connectivity index (χ2n) is 4.61. The Labute approximate surface area is 94.6 Å². The number of rotatable bonds is 3. The van der Waals surface area contributed by atoms with Gasteiger partial charge in [0.05, 0.1) is 12.6 Å². The Hall–Kier alpha value is -1.43. The van der Waals surface area contributed by atoms with Crippen LogP contribution in [0.3, 0.4) is 0 Å². The fraction of sp³-hybridized carbons (Fsp3) is 0.700. The van der Waals surface area contributed by atoms with E-state index in [0.717, 1.165) is 0 Å². The van der Waals surface area contributed by atoms with Crippen molar-refractivity contribution in [2.24, 2.45) is 11.1 Å². The Bertz CT molecular complexity index is 367. The highest BCUT2D eigenvalue weighted by atomic mass is 16.5. The Kier molecular flexibility index (Phi) is 3.64. The summed E-state index contributed by atoms with van der Waals surface area (Å²) in [6.07, 6.45) is 0. The molecule has 0 aromatic carbocycles. The number of H-pyrrole nitrogens is 1. The van der Waals surface area contributed by atoms with E-state index < -0.39 is 5.97 Å². The summed E-state index contributed by atoms with van der Waals surface area (Å²) in [6, 6.07) is -0.303. The first-order valence-corrected chi connectivity index (χ1v) is 5.21. The summed E-state index contributed by atoms with van der Waals surface area (Å²) in [7, 11) is 0. The van der Waals surface area contributed by atoms with E-state index in [0.29, 0.717) is 12.4 Å². The van der Waals surface area contributed by atoms with Crippen molar-refractivity contribution in [3.8, 4) is 0 Å². The molecular formula is C10H18N4O2. The molecule has 0 saturated carbocycles. The smallest absolute Gasteiger partial charge is 0.378 e. The van der Waals surface area contributed by atoms with Crippen LogP contribution in [-0.4, -0.2) is 27.8 Å². The lowest BCUT2D eigenvalue weighted by Crippen LogP contribution is -2.27. The number of aromatic nitrogens is 3. The molecule has 1 heterocycles. The summed E-state index contributed by atoms with van der Waals surface area (Å²) in [5.74, 6) is -0.0155. The van der Waals surface area contributed by atoms with Crippen molar-refractivity contribution in [3.63, 3.8) is 0 Å². The molecule has 0 radical (unpaired) electrons.